The topological polar surface area (TPSA) is 66.7 Å². The summed E-state index contributed by atoms with van der Waals surface area (Å²) in [5, 5.41) is 5.82. The van der Waals surface area contributed by atoms with Crippen molar-refractivity contribution in [1.82, 2.24) is 15.0 Å². The second-order valence-corrected chi connectivity index (χ2v) is 7.74. The van der Waals surface area contributed by atoms with E-state index in [4.69, 9.17) is 4.52 Å². The van der Waals surface area contributed by atoms with Gasteiger partial charge in [-0.2, -0.15) is 0 Å². The number of fused-ring (bicyclic) bond motifs is 1. The van der Waals surface area contributed by atoms with Crippen LogP contribution in [0, 0.1) is 5.92 Å². The predicted octanol–water partition coefficient (Wildman–Crippen LogP) is 2.43. The van der Waals surface area contributed by atoms with Crippen LogP contribution < -0.4 is 0 Å². The molecule has 132 valence electrons. The Bertz CT molecular complexity index is 729. The third kappa shape index (κ3) is 3.33. The van der Waals surface area contributed by atoms with Crippen LogP contribution >= 0.6 is 11.3 Å². The SMILES string of the molecule is O=C(c1ccon1)N1CC[C@@H]2[C@@H](CCC(=O)N2CCc2cccs2)C1. The Labute approximate surface area is 150 Å². The fourth-order valence-corrected chi connectivity index (χ4v) is 4.69. The van der Waals surface area contributed by atoms with Crippen LogP contribution in [-0.2, 0) is 11.2 Å². The smallest absolute Gasteiger partial charge is 0.276 e. The number of aromatic nitrogens is 1. The molecular formula is C18H21N3O3S. The fraction of sp³-hybridized carbons (Fsp3) is 0.500. The molecule has 0 aliphatic carbocycles. The van der Waals surface area contributed by atoms with E-state index < -0.39 is 0 Å². The van der Waals surface area contributed by atoms with Gasteiger partial charge in [0.1, 0.15) is 6.26 Å². The fourth-order valence-electron chi connectivity index (χ4n) is 4.00. The third-order valence-corrected chi connectivity index (χ3v) is 6.20. The van der Waals surface area contributed by atoms with Crippen LogP contribution in [0.1, 0.15) is 34.6 Å². The van der Waals surface area contributed by atoms with E-state index in [-0.39, 0.29) is 17.9 Å². The zero-order chi connectivity index (χ0) is 17.2. The van der Waals surface area contributed by atoms with Gasteiger partial charge < -0.3 is 14.3 Å². The van der Waals surface area contributed by atoms with Gasteiger partial charge in [-0.05, 0) is 36.6 Å². The maximum absolute atomic E-state index is 12.5. The largest absolute Gasteiger partial charge is 0.364 e. The molecule has 2 fully saturated rings. The van der Waals surface area contributed by atoms with Crippen LogP contribution in [0.5, 0.6) is 0 Å². The zero-order valence-electron chi connectivity index (χ0n) is 14.0. The highest BCUT2D eigenvalue weighted by atomic mass is 32.1. The molecule has 6 nitrogen and oxygen atoms in total. The number of likely N-dealkylation sites (tertiary alicyclic amines) is 2. The number of carbonyl (C=O) groups excluding carboxylic acids is 2. The lowest BCUT2D eigenvalue weighted by Gasteiger charge is -2.47. The van der Waals surface area contributed by atoms with Crippen LogP contribution in [0.15, 0.2) is 34.4 Å². The molecule has 2 saturated heterocycles. The average Bonchev–Trinajstić information content (AvgIpc) is 3.33. The van der Waals surface area contributed by atoms with Crippen LogP contribution in [0.4, 0.5) is 0 Å². The first-order valence-electron chi connectivity index (χ1n) is 8.74. The van der Waals surface area contributed by atoms with Crippen molar-refractivity contribution in [2.24, 2.45) is 5.92 Å². The Morgan fingerprint density at radius 2 is 2.28 bits per heavy atom. The second-order valence-electron chi connectivity index (χ2n) is 6.71. The third-order valence-electron chi connectivity index (χ3n) is 5.27. The van der Waals surface area contributed by atoms with E-state index in [0.717, 1.165) is 25.8 Å². The molecule has 0 saturated carbocycles. The number of amides is 2. The lowest BCUT2D eigenvalue weighted by molar-refractivity contribution is -0.140. The molecule has 0 unspecified atom stereocenters. The van der Waals surface area contributed by atoms with E-state index in [1.807, 2.05) is 4.90 Å². The van der Waals surface area contributed by atoms with Crippen molar-refractivity contribution in [2.75, 3.05) is 19.6 Å². The maximum atomic E-state index is 12.5. The molecule has 0 radical (unpaired) electrons. The first kappa shape index (κ1) is 16.3. The number of carbonyl (C=O) groups is 2. The molecule has 2 amide bonds. The summed E-state index contributed by atoms with van der Waals surface area (Å²) in [7, 11) is 0. The standard InChI is InChI=1S/C18H21N3O3S/c22-17-4-3-13-12-20(18(23)15-7-10-24-19-15)8-6-16(13)21(17)9-5-14-2-1-11-25-14/h1-2,7,10-11,13,16H,3-6,8-9,12H2/t13-,16+/m0/s1. The van der Waals surface area contributed by atoms with E-state index in [2.05, 4.69) is 27.6 Å². The maximum Gasteiger partial charge on any atom is 0.276 e. The monoisotopic (exact) mass is 359 g/mol. The van der Waals surface area contributed by atoms with Gasteiger partial charge >= 0.3 is 0 Å². The van der Waals surface area contributed by atoms with E-state index in [9.17, 15) is 9.59 Å². The lowest BCUT2D eigenvalue weighted by atomic mass is 9.83. The zero-order valence-corrected chi connectivity index (χ0v) is 14.8. The van der Waals surface area contributed by atoms with Crippen molar-refractivity contribution in [2.45, 2.75) is 31.7 Å². The van der Waals surface area contributed by atoms with Gasteiger partial charge in [0.25, 0.3) is 5.91 Å². The summed E-state index contributed by atoms with van der Waals surface area (Å²) in [4.78, 5) is 30.2. The van der Waals surface area contributed by atoms with E-state index >= 15 is 0 Å². The normalized spacial score (nSPS) is 23.6. The molecule has 0 bridgehead atoms. The minimum Gasteiger partial charge on any atom is -0.364 e. The molecule has 4 heterocycles. The van der Waals surface area contributed by atoms with Crippen LogP contribution in [-0.4, -0.2) is 52.4 Å². The molecule has 2 aliphatic rings. The molecule has 0 N–H and O–H groups in total. The Kier molecular flexibility index (Phi) is 4.57. The van der Waals surface area contributed by atoms with E-state index in [1.54, 1.807) is 17.4 Å². The van der Waals surface area contributed by atoms with Crippen molar-refractivity contribution in [3.63, 3.8) is 0 Å². The average molecular weight is 359 g/mol. The van der Waals surface area contributed by atoms with Gasteiger partial charge in [0, 0.05) is 43.0 Å². The van der Waals surface area contributed by atoms with Gasteiger partial charge in [0.05, 0.1) is 0 Å². The molecule has 25 heavy (non-hydrogen) atoms. The lowest BCUT2D eigenvalue weighted by Crippen LogP contribution is -2.57. The quantitative estimate of drug-likeness (QED) is 0.841. The summed E-state index contributed by atoms with van der Waals surface area (Å²) >= 11 is 1.74. The number of rotatable bonds is 4. The first-order valence-corrected chi connectivity index (χ1v) is 9.62. The summed E-state index contributed by atoms with van der Waals surface area (Å²) in [6.07, 6.45) is 4.61. The molecular weight excluding hydrogens is 338 g/mol. The molecule has 0 aromatic carbocycles. The Balaban J connectivity index is 1.41. The summed E-state index contributed by atoms with van der Waals surface area (Å²) < 4.78 is 4.78. The highest BCUT2D eigenvalue weighted by Gasteiger charge is 2.40. The minimum absolute atomic E-state index is 0.0748. The number of nitrogens with zero attached hydrogens (tertiary/aromatic N) is 3. The molecule has 2 aromatic heterocycles. The molecule has 2 atom stereocenters. The summed E-state index contributed by atoms with van der Waals surface area (Å²) in [6, 6.07) is 6.03. The first-order chi connectivity index (χ1) is 12.2. The summed E-state index contributed by atoms with van der Waals surface area (Å²) in [6.45, 7) is 2.13. The highest BCUT2D eigenvalue weighted by Crippen LogP contribution is 2.32. The summed E-state index contributed by atoms with van der Waals surface area (Å²) in [5.74, 6) is 0.536. The van der Waals surface area contributed by atoms with Crippen molar-refractivity contribution < 1.29 is 14.1 Å². The van der Waals surface area contributed by atoms with Gasteiger partial charge in [-0.15, -0.1) is 11.3 Å². The number of thiophene rings is 1. The summed E-state index contributed by atoms with van der Waals surface area (Å²) in [5.41, 5.74) is 0.361. The predicted molar refractivity (Wildman–Crippen MR) is 93.3 cm³/mol. The second kappa shape index (κ2) is 7.00. The molecule has 7 heteroatoms. The molecule has 2 aromatic rings. The highest BCUT2D eigenvalue weighted by molar-refractivity contribution is 7.09. The molecule has 2 aliphatic heterocycles. The van der Waals surface area contributed by atoms with Crippen LogP contribution in [0.2, 0.25) is 0 Å². The van der Waals surface area contributed by atoms with Crippen molar-refractivity contribution in [1.29, 1.82) is 0 Å². The number of piperidine rings is 2. The Morgan fingerprint density at radius 1 is 1.36 bits per heavy atom. The van der Waals surface area contributed by atoms with Crippen LogP contribution in [0.3, 0.4) is 0 Å². The van der Waals surface area contributed by atoms with Crippen molar-refractivity contribution in [3.8, 4) is 0 Å². The van der Waals surface area contributed by atoms with Crippen molar-refractivity contribution in [3.05, 3.63) is 40.4 Å². The van der Waals surface area contributed by atoms with E-state index in [1.165, 1.54) is 11.1 Å². The molecule has 0 spiro atoms. The van der Waals surface area contributed by atoms with E-state index in [0.29, 0.717) is 31.1 Å². The van der Waals surface area contributed by atoms with Gasteiger partial charge in [0.2, 0.25) is 5.91 Å². The Morgan fingerprint density at radius 3 is 3.04 bits per heavy atom. The van der Waals surface area contributed by atoms with Gasteiger partial charge in [-0.1, -0.05) is 11.2 Å². The number of hydrogen-bond donors (Lipinski definition) is 0. The van der Waals surface area contributed by atoms with Gasteiger partial charge in [-0.25, -0.2) is 0 Å². The van der Waals surface area contributed by atoms with Crippen molar-refractivity contribution >= 4 is 23.2 Å². The molecule has 4 rings (SSSR count). The minimum atomic E-state index is -0.0748. The van der Waals surface area contributed by atoms with Gasteiger partial charge in [0.15, 0.2) is 5.69 Å². The van der Waals surface area contributed by atoms with Gasteiger partial charge in [-0.3, -0.25) is 9.59 Å². The number of hydrogen-bond acceptors (Lipinski definition) is 5. The Hall–Kier alpha value is -2.15. The van der Waals surface area contributed by atoms with Crippen LogP contribution in [0.25, 0.3) is 0 Å².